The van der Waals surface area contributed by atoms with Gasteiger partial charge in [-0.15, -0.1) is 11.8 Å². The maximum absolute atomic E-state index is 9.06. The summed E-state index contributed by atoms with van der Waals surface area (Å²) in [6, 6.07) is 2.43. The van der Waals surface area contributed by atoms with Crippen LogP contribution in [0.25, 0.3) is 0 Å². The van der Waals surface area contributed by atoms with Gasteiger partial charge in [-0.25, -0.2) is 0 Å². The summed E-state index contributed by atoms with van der Waals surface area (Å²) < 4.78 is 1.81. The summed E-state index contributed by atoms with van der Waals surface area (Å²) in [5.74, 6) is 0.226. The van der Waals surface area contributed by atoms with Crippen LogP contribution in [0.1, 0.15) is 25.7 Å². The molecular formula is C11H15N3S. The predicted octanol–water partition coefficient (Wildman–Crippen LogP) is 2.59. The summed E-state index contributed by atoms with van der Waals surface area (Å²) in [5, 5.41) is 13.7. The first kappa shape index (κ1) is 10.6. The van der Waals surface area contributed by atoms with Gasteiger partial charge in [-0.05, 0) is 12.8 Å². The highest BCUT2D eigenvalue weighted by Crippen LogP contribution is 2.36. The molecule has 0 bridgehead atoms. The Labute approximate surface area is 94.5 Å². The fourth-order valence-electron chi connectivity index (χ4n) is 2.02. The largest absolute Gasteiger partial charge is 0.275 e. The maximum Gasteiger partial charge on any atom is 0.0667 e. The Morgan fingerprint density at radius 1 is 1.53 bits per heavy atom. The van der Waals surface area contributed by atoms with Gasteiger partial charge in [0.15, 0.2) is 0 Å². The van der Waals surface area contributed by atoms with Gasteiger partial charge in [-0.3, -0.25) is 4.68 Å². The molecule has 80 valence electrons. The van der Waals surface area contributed by atoms with Crippen molar-refractivity contribution in [3.63, 3.8) is 0 Å². The Morgan fingerprint density at radius 2 is 2.33 bits per heavy atom. The number of aryl methyl sites for hydroxylation is 1. The van der Waals surface area contributed by atoms with Crippen LogP contribution in [0.2, 0.25) is 0 Å². The lowest BCUT2D eigenvalue weighted by molar-refractivity contribution is 0.439. The first-order valence-corrected chi connectivity index (χ1v) is 6.22. The van der Waals surface area contributed by atoms with Gasteiger partial charge >= 0.3 is 0 Å². The predicted molar refractivity (Wildman–Crippen MR) is 60.4 cm³/mol. The lowest BCUT2D eigenvalue weighted by Crippen LogP contribution is -2.20. The summed E-state index contributed by atoms with van der Waals surface area (Å²) in [5.41, 5.74) is 0. The third-order valence-electron chi connectivity index (χ3n) is 2.84. The minimum Gasteiger partial charge on any atom is -0.275 e. The standard InChI is InChI=1S/C11H15N3S/c1-14-8-10(7-13-14)15-11-5-3-2-4-9(11)6-12/h7-9,11H,2-5H2,1H3. The molecule has 0 N–H and O–H groups in total. The van der Waals surface area contributed by atoms with Gasteiger partial charge in [0.2, 0.25) is 0 Å². The van der Waals surface area contributed by atoms with Crippen LogP contribution >= 0.6 is 11.8 Å². The topological polar surface area (TPSA) is 41.6 Å². The molecule has 2 unspecified atom stereocenters. The molecule has 15 heavy (non-hydrogen) atoms. The van der Waals surface area contributed by atoms with Crippen molar-refractivity contribution in [1.29, 1.82) is 5.26 Å². The van der Waals surface area contributed by atoms with Crippen molar-refractivity contribution in [2.24, 2.45) is 13.0 Å². The van der Waals surface area contributed by atoms with Crippen LogP contribution in [-0.2, 0) is 7.05 Å². The fraction of sp³-hybridized carbons (Fsp3) is 0.636. The van der Waals surface area contributed by atoms with Crippen molar-refractivity contribution in [3.8, 4) is 6.07 Å². The lowest BCUT2D eigenvalue weighted by atomic mass is 9.90. The highest BCUT2D eigenvalue weighted by Gasteiger charge is 2.25. The quantitative estimate of drug-likeness (QED) is 0.770. The average Bonchev–Trinajstić information content (AvgIpc) is 2.65. The second-order valence-electron chi connectivity index (χ2n) is 4.03. The number of hydrogen-bond acceptors (Lipinski definition) is 3. The number of aromatic nitrogens is 2. The van der Waals surface area contributed by atoms with E-state index in [0.29, 0.717) is 5.25 Å². The molecule has 2 atom stereocenters. The molecule has 0 amide bonds. The zero-order valence-electron chi connectivity index (χ0n) is 8.89. The van der Waals surface area contributed by atoms with Crippen LogP contribution in [0.4, 0.5) is 0 Å². The number of nitrogens with zero attached hydrogens (tertiary/aromatic N) is 3. The van der Waals surface area contributed by atoms with Crippen molar-refractivity contribution in [3.05, 3.63) is 12.4 Å². The highest BCUT2D eigenvalue weighted by atomic mass is 32.2. The minimum atomic E-state index is 0.226. The molecule has 4 heteroatoms. The van der Waals surface area contributed by atoms with Gasteiger partial charge in [0.1, 0.15) is 0 Å². The molecule has 0 radical (unpaired) electrons. The molecule has 1 aromatic heterocycles. The summed E-state index contributed by atoms with van der Waals surface area (Å²) in [4.78, 5) is 1.18. The first-order chi connectivity index (χ1) is 7.29. The molecule has 0 saturated heterocycles. The molecule has 1 saturated carbocycles. The van der Waals surface area contributed by atoms with Gasteiger partial charge < -0.3 is 0 Å². The molecule has 1 fully saturated rings. The number of thioether (sulfide) groups is 1. The van der Waals surface area contributed by atoms with Gasteiger partial charge in [-0.2, -0.15) is 10.4 Å². The lowest BCUT2D eigenvalue weighted by Gasteiger charge is -2.25. The molecule has 0 aromatic carbocycles. The molecule has 1 aliphatic carbocycles. The summed E-state index contributed by atoms with van der Waals surface area (Å²) in [6.07, 6.45) is 8.60. The highest BCUT2D eigenvalue weighted by molar-refractivity contribution is 8.00. The van der Waals surface area contributed by atoms with Gasteiger partial charge in [0.25, 0.3) is 0 Å². The van der Waals surface area contributed by atoms with E-state index in [-0.39, 0.29) is 5.92 Å². The molecule has 0 aliphatic heterocycles. The van der Waals surface area contributed by atoms with Crippen LogP contribution in [0.5, 0.6) is 0 Å². The Bertz CT molecular complexity index is 366. The van der Waals surface area contributed by atoms with E-state index >= 15 is 0 Å². The van der Waals surface area contributed by atoms with Crippen LogP contribution < -0.4 is 0 Å². The molecule has 2 rings (SSSR count). The SMILES string of the molecule is Cn1cc(SC2CCCCC2C#N)cn1. The fourth-order valence-corrected chi connectivity index (χ4v) is 3.34. The third-order valence-corrected chi connectivity index (χ3v) is 4.19. The van der Waals surface area contributed by atoms with E-state index in [1.54, 1.807) is 0 Å². The van der Waals surface area contributed by atoms with E-state index in [4.69, 9.17) is 5.26 Å². The average molecular weight is 221 g/mol. The molecule has 1 aliphatic rings. The van der Waals surface area contributed by atoms with E-state index in [0.717, 1.165) is 12.8 Å². The Balaban J connectivity index is 2.01. The van der Waals surface area contributed by atoms with Crippen molar-refractivity contribution in [1.82, 2.24) is 9.78 Å². The number of rotatable bonds is 2. The summed E-state index contributed by atoms with van der Waals surface area (Å²) in [6.45, 7) is 0. The smallest absolute Gasteiger partial charge is 0.0667 e. The summed E-state index contributed by atoms with van der Waals surface area (Å²) >= 11 is 1.81. The third kappa shape index (κ3) is 2.54. The van der Waals surface area contributed by atoms with E-state index in [9.17, 15) is 0 Å². The second kappa shape index (κ2) is 4.71. The van der Waals surface area contributed by atoms with E-state index < -0.39 is 0 Å². The van der Waals surface area contributed by atoms with E-state index in [1.807, 2.05) is 35.9 Å². The number of nitriles is 1. The van der Waals surface area contributed by atoms with Crippen molar-refractivity contribution in [2.75, 3.05) is 0 Å². The van der Waals surface area contributed by atoms with Gasteiger partial charge in [0.05, 0.1) is 18.2 Å². The summed E-state index contributed by atoms with van der Waals surface area (Å²) in [7, 11) is 1.92. The van der Waals surface area contributed by atoms with Crippen molar-refractivity contribution >= 4 is 11.8 Å². The molecule has 1 heterocycles. The molecule has 1 aromatic rings. The zero-order chi connectivity index (χ0) is 10.7. The van der Waals surface area contributed by atoms with Crippen molar-refractivity contribution < 1.29 is 0 Å². The van der Waals surface area contributed by atoms with E-state index in [2.05, 4.69) is 11.2 Å². The number of hydrogen-bond donors (Lipinski definition) is 0. The van der Waals surface area contributed by atoms with Crippen LogP contribution in [-0.4, -0.2) is 15.0 Å². The van der Waals surface area contributed by atoms with Crippen LogP contribution in [0.15, 0.2) is 17.3 Å². The zero-order valence-corrected chi connectivity index (χ0v) is 9.70. The van der Waals surface area contributed by atoms with Crippen LogP contribution in [0.3, 0.4) is 0 Å². The molecule has 0 spiro atoms. The van der Waals surface area contributed by atoms with Gasteiger partial charge in [-0.1, -0.05) is 12.8 Å². The molecule has 3 nitrogen and oxygen atoms in total. The van der Waals surface area contributed by atoms with Crippen LogP contribution in [0, 0.1) is 17.2 Å². The monoisotopic (exact) mass is 221 g/mol. The Morgan fingerprint density at radius 3 is 3.00 bits per heavy atom. The molecular weight excluding hydrogens is 206 g/mol. The van der Waals surface area contributed by atoms with E-state index in [1.165, 1.54) is 17.7 Å². The Kier molecular flexibility index (Phi) is 3.32. The van der Waals surface area contributed by atoms with Crippen molar-refractivity contribution in [2.45, 2.75) is 35.8 Å². The Hall–Kier alpha value is -0.950. The first-order valence-electron chi connectivity index (χ1n) is 5.34. The van der Waals surface area contributed by atoms with Gasteiger partial charge in [0, 0.05) is 23.4 Å². The maximum atomic E-state index is 9.06. The minimum absolute atomic E-state index is 0.226. The second-order valence-corrected chi connectivity index (χ2v) is 5.34. The normalized spacial score (nSPS) is 26.1.